The van der Waals surface area contributed by atoms with Gasteiger partial charge in [-0.05, 0) is 56.3 Å². The van der Waals surface area contributed by atoms with E-state index in [4.69, 9.17) is 0 Å². The van der Waals surface area contributed by atoms with Gasteiger partial charge in [0.15, 0.2) is 0 Å². The molecule has 1 aromatic heterocycles. The lowest BCUT2D eigenvalue weighted by Crippen LogP contribution is -2.35. The molecule has 0 spiro atoms. The maximum Gasteiger partial charge on any atom is 0.416 e. The van der Waals surface area contributed by atoms with Gasteiger partial charge in [0, 0.05) is 23.8 Å². The van der Waals surface area contributed by atoms with Crippen molar-refractivity contribution in [3.63, 3.8) is 0 Å². The van der Waals surface area contributed by atoms with Crippen molar-refractivity contribution in [1.29, 1.82) is 0 Å². The predicted octanol–water partition coefficient (Wildman–Crippen LogP) is 4.03. The van der Waals surface area contributed by atoms with E-state index in [1.807, 2.05) is 4.90 Å². The van der Waals surface area contributed by atoms with Gasteiger partial charge in [-0.1, -0.05) is 18.6 Å². The highest BCUT2D eigenvalue weighted by molar-refractivity contribution is 7.92. The van der Waals surface area contributed by atoms with Crippen molar-refractivity contribution >= 4 is 44.3 Å². The number of halogens is 3. The van der Waals surface area contributed by atoms with Gasteiger partial charge in [0.2, 0.25) is 15.5 Å². The molecule has 4 rings (SSSR count). The molecule has 0 radical (unpaired) electrons. The number of alkyl halides is 3. The van der Waals surface area contributed by atoms with E-state index in [1.165, 1.54) is 24.3 Å². The van der Waals surface area contributed by atoms with Gasteiger partial charge < -0.3 is 15.3 Å². The van der Waals surface area contributed by atoms with Crippen LogP contribution < -0.4 is 15.5 Å². The Morgan fingerprint density at radius 1 is 1.00 bits per heavy atom. The van der Waals surface area contributed by atoms with Crippen molar-refractivity contribution in [3.05, 3.63) is 70.0 Å². The number of sulfonamides is 1. The van der Waals surface area contributed by atoms with Crippen LogP contribution in [0.15, 0.2) is 53.5 Å². The number of pyridine rings is 1. The van der Waals surface area contributed by atoms with Crippen LogP contribution in [-0.4, -0.2) is 60.4 Å². The first kappa shape index (κ1) is 28.1. The number of rotatable bonds is 7. The van der Waals surface area contributed by atoms with E-state index in [1.54, 1.807) is 0 Å². The number of carboxylic acid groups (broad SMARTS) is 1. The maximum atomic E-state index is 13.6. The van der Waals surface area contributed by atoms with Crippen LogP contribution in [0.3, 0.4) is 0 Å². The summed E-state index contributed by atoms with van der Waals surface area (Å²) in [6, 6.07) is 6.84. The molecule has 3 aromatic rings. The van der Waals surface area contributed by atoms with Gasteiger partial charge in [0.25, 0.3) is 0 Å². The van der Waals surface area contributed by atoms with E-state index in [-0.39, 0.29) is 23.2 Å². The van der Waals surface area contributed by atoms with Crippen LogP contribution >= 0.6 is 0 Å². The number of nitrogens with zero attached hydrogens (tertiary/aromatic N) is 2. The van der Waals surface area contributed by atoms with Gasteiger partial charge in [-0.25, -0.2) is 18.0 Å². The fourth-order valence-electron chi connectivity index (χ4n) is 4.37. The summed E-state index contributed by atoms with van der Waals surface area (Å²) in [4.78, 5) is 39.1. The highest BCUT2D eigenvalue weighted by atomic mass is 32.2. The first-order valence-electron chi connectivity index (χ1n) is 12.0. The summed E-state index contributed by atoms with van der Waals surface area (Å²) in [6.07, 6.45) is -1.13. The molecule has 1 amide bonds. The number of hydrogen-bond donors (Lipinski definition) is 3. The van der Waals surface area contributed by atoms with Crippen LogP contribution in [0.25, 0.3) is 10.9 Å². The molecular formula is C25H25F3N4O6S. The van der Waals surface area contributed by atoms with E-state index in [9.17, 15) is 41.1 Å². The third kappa shape index (κ3) is 6.75. The Labute approximate surface area is 221 Å². The van der Waals surface area contributed by atoms with Crippen molar-refractivity contribution in [2.75, 3.05) is 35.4 Å². The normalized spacial score (nSPS) is 14.7. The number of piperidine rings is 1. The monoisotopic (exact) mass is 566 g/mol. The molecule has 39 heavy (non-hydrogen) atoms. The zero-order valence-corrected chi connectivity index (χ0v) is 21.3. The predicted molar refractivity (Wildman–Crippen MR) is 139 cm³/mol. The van der Waals surface area contributed by atoms with Crippen molar-refractivity contribution in [1.82, 2.24) is 9.47 Å². The summed E-state index contributed by atoms with van der Waals surface area (Å²) in [7, 11) is -4.02. The van der Waals surface area contributed by atoms with E-state index in [0.29, 0.717) is 12.1 Å². The third-order valence-corrected chi connectivity index (χ3v) is 7.54. The number of likely N-dealkylation sites (tertiary alicyclic amines) is 1. The van der Waals surface area contributed by atoms with Gasteiger partial charge in [-0.3, -0.25) is 14.1 Å². The van der Waals surface area contributed by atoms with Crippen LogP contribution in [0.4, 0.5) is 29.3 Å². The molecular weight excluding hydrogens is 541 g/mol. The molecule has 1 aliphatic rings. The Bertz CT molecular complexity index is 1580. The number of anilines is 2. The zero-order valence-electron chi connectivity index (χ0n) is 20.5. The number of benzene rings is 2. The topological polar surface area (TPSA) is 138 Å². The summed E-state index contributed by atoms with van der Waals surface area (Å²) in [6.45, 7) is 1.72. The number of amides is 1. The lowest BCUT2D eigenvalue weighted by molar-refractivity contribution is -0.137. The van der Waals surface area contributed by atoms with Gasteiger partial charge in [-0.15, -0.1) is 0 Å². The first-order chi connectivity index (χ1) is 18.3. The number of carboxylic acids is 1. The van der Waals surface area contributed by atoms with Gasteiger partial charge in [0.1, 0.15) is 5.56 Å². The highest BCUT2D eigenvalue weighted by Crippen LogP contribution is 2.34. The fraction of sp³-hybridized carbons (Fsp3) is 0.320. The average molecular weight is 567 g/mol. The molecule has 2 heterocycles. The minimum Gasteiger partial charge on any atom is -0.477 e. The van der Waals surface area contributed by atoms with E-state index in [2.05, 4.69) is 10.0 Å². The average Bonchev–Trinajstić information content (AvgIpc) is 2.87. The van der Waals surface area contributed by atoms with Gasteiger partial charge >= 0.3 is 18.2 Å². The number of fused-ring (bicyclic) bond motifs is 1. The Kier molecular flexibility index (Phi) is 7.97. The second-order valence-electron chi connectivity index (χ2n) is 9.11. The van der Waals surface area contributed by atoms with E-state index >= 15 is 0 Å². The Morgan fingerprint density at radius 2 is 1.67 bits per heavy atom. The highest BCUT2D eigenvalue weighted by Gasteiger charge is 2.32. The van der Waals surface area contributed by atoms with Crippen LogP contribution in [0.2, 0.25) is 0 Å². The molecule has 10 nitrogen and oxygen atoms in total. The SMILES string of the molecule is O=C(O)c1cn(C(=O)Nc2cc(NS(=O)(=O)CCN3CCCCC3)cc(C(F)(F)F)c2)c2ccccc2c1=O. The largest absolute Gasteiger partial charge is 0.477 e. The number of carbonyl (C=O) groups is 2. The van der Waals surface area contributed by atoms with E-state index in [0.717, 1.165) is 49.2 Å². The summed E-state index contributed by atoms with van der Waals surface area (Å²) >= 11 is 0. The second kappa shape index (κ2) is 11.1. The number of aromatic nitrogens is 1. The number of nitrogens with one attached hydrogen (secondary N) is 2. The quantitative estimate of drug-likeness (QED) is 0.393. The molecule has 3 N–H and O–H groups in total. The molecule has 14 heteroatoms. The number of carbonyl (C=O) groups excluding carboxylic acids is 1. The second-order valence-corrected chi connectivity index (χ2v) is 11.0. The Balaban J connectivity index is 1.64. The van der Waals surface area contributed by atoms with Gasteiger partial charge in [0.05, 0.1) is 22.5 Å². The standard InChI is InChI=1S/C25H25F3N4O6S/c26-25(27,28)16-12-17(14-18(13-16)30-39(37,38)11-10-31-8-4-1-5-9-31)29-24(36)32-15-20(23(34)35)22(33)19-6-2-3-7-21(19)32/h2-3,6-7,12-15,30H,1,4-5,8-11H2,(H,29,36)(H,34,35). The van der Waals surface area contributed by atoms with Crippen molar-refractivity contribution < 1.29 is 36.3 Å². The summed E-state index contributed by atoms with van der Waals surface area (Å²) in [5, 5.41) is 11.5. The Hall–Kier alpha value is -3.91. The zero-order chi connectivity index (χ0) is 28.4. The van der Waals surface area contributed by atoms with Crippen LogP contribution in [-0.2, 0) is 16.2 Å². The number of hydrogen-bond acceptors (Lipinski definition) is 6. The van der Waals surface area contributed by atoms with Crippen molar-refractivity contribution in [3.8, 4) is 0 Å². The summed E-state index contributed by atoms with van der Waals surface area (Å²) < 4.78 is 69.1. The lowest BCUT2D eigenvalue weighted by atomic mass is 10.1. The molecule has 2 aromatic carbocycles. The molecule has 0 unspecified atom stereocenters. The fourth-order valence-corrected chi connectivity index (χ4v) is 5.44. The summed E-state index contributed by atoms with van der Waals surface area (Å²) in [5.41, 5.74) is -3.55. The number of para-hydroxylation sites is 1. The lowest BCUT2D eigenvalue weighted by Gasteiger charge is -2.26. The first-order valence-corrected chi connectivity index (χ1v) is 13.6. The van der Waals surface area contributed by atoms with Crippen molar-refractivity contribution in [2.24, 2.45) is 0 Å². The van der Waals surface area contributed by atoms with Crippen LogP contribution in [0, 0.1) is 0 Å². The maximum absolute atomic E-state index is 13.6. The Morgan fingerprint density at radius 3 is 2.33 bits per heavy atom. The molecule has 0 saturated carbocycles. The molecule has 0 atom stereocenters. The van der Waals surface area contributed by atoms with Crippen molar-refractivity contribution in [2.45, 2.75) is 25.4 Å². The minimum atomic E-state index is -4.87. The molecule has 208 valence electrons. The van der Waals surface area contributed by atoms with Crippen LogP contribution in [0.1, 0.15) is 35.2 Å². The van der Waals surface area contributed by atoms with E-state index < -0.39 is 56.1 Å². The molecule has 1 saturated heterocycles. The molecule has 1 aliphatic heterocycles. The molecule has 0 bridgehead atoms. The molecule has 1 fully saturated rings. The smallest absolute Gasteiger partial charge is 0.416 e. The molecule has 0 aliphatic carbocycles. The summed E-state index contributed by atoms with van der Waals surface area (Å²) in [5.74, 6) is -1.92. The van der Waals surface area contributed by atoms with Gasteiger partial charge in [-0.2, -0.15) is 13.2 Å². The third-order valence-electron chi connectivity index (χ3n) is 6.27. The van der Waals surface area contributed by atoms with Crippen LogP contribution in [0.5, 0.6) is 0 Å². The minimum absolute atomic E-state index is 0.0237. The number of aromatic carboxylic acids is 1.